The van der Waals surface area contributed by atoms with Gasteiger partial charge >= 0.3 is 11.8 Å². The molecule has 0 aliphatic rings. The molecule has 6 heteroatoms. The normalized spacial score (nSPS) is 10.2. The molecule has 2 N–H and O–H groups in total. The Balaban J connectivity index is 1.87. The molecule has 2 aromatic rings. The van der Waals surface area contributed by atoms with Crippen LogP contribution in [0.4, 0.5) is 5.69 Å². The number of hydrogen-bond acceptors (Lipinski definition) is 4. The largest absolute Gasteiger partial charge is 0.490 e. The highest BCUT2D eigenvalue weighted by atomic mass is 16.5. The van der Waals surface area contributed by atoms with Crippen molar-refractivity contribution in [2.45, 2.75) is 0 Å². The first kappa shape index (κ1) is 17.0. The number of nitrogens with zero attached hydrogens (tertiary/aromatic N) is 1. The molecule has 0 bridgehead atoms. The molecule has 0 saturated heterocycles. The Morgan fingerprint density at radius 1 is 1.08 bits per heavy atom. The Morgan fingerprint density at radius 3 is 2.62 bits per heavy atom. The van der Waals surface area contributed by atoms with Crippen molar-refractivity contribution in [3.8, 4) is 5.75 Å². The molecular formula is C18H17N3O3. The van der Waals surface area contributed by atoms with Gasteiger partial charge in [0.2, 0.25) is 0 Å². The number of benzene rings is 2. The number of hydrazone groups is 1. The second-order valence-corrected chi connectivity index (χ2v) is 4.69. The molecule has 0 spiro atoms. The van der Waals surface area contributed by atoms with E-state index in [-0.39, 0.29) is 0 Å². The third-order valence-electron chi connectivity index (χ3n) is 2.84. The van der Waals surface area contributed by atoms with Gasteiger partial charge in [-0.3, -0.25) is 9.59 Å². The fourth-order valence-electron chi connectivity index (χ4n) is 1.77. The number of nitrogens with one attached hydrogen (secondary N) is 2. The fourth-order valence-corrected chi connectivity index (χ4v) is 1.77. The van der Waals surface area contributed by atoms with E-state index >= 15 is 0 Å². The predicted molar refractivity (Wildman–Crippen MR) is 92.9 cm³/mol. The van der Waals surface area contributed by atoms with E-state index in [4.69, 9.17) is 4.74 Å². The molecule has 0 heterocycles. The molecule has 122 valence electrons. The van der Waals surface area contributed by atoms with E-state index in [9.17, 15) is 9.59 Å². The number of anilines is 1. The smallest absolute Gasteiger partial charge is 0.329 e. The van der Waals surface area contributed by atoms with Gasteiger partial charge in [0.25, 0.3) is 0 Å². The van der Waals surface area contributed by atoms with Gasteiger partial charge in [-0.2, -0.15) is 5.10 Å². The van der Waals surface area contributed by atoms with Crippen molar-refractivity contribution in [2.24, 2.45) is 5.10 Å². The van der Waals surface area contributed by atoms with Crippen LogP contribution >= 0.6 is 0 Å². The summed E-state index contributed by atoms with van der Waals surface area (Å²) in [5.41, 5.74) is 3.43. The van der Waals surface area contributed by atoms with Crippen molar-refractivity contribution in [1.82, 2.24) is 5.43 Å². The van der Waals surface area contributed by atoms with Gasteiger partial charge in [-0.05, 0) is 29.8 Å². The van der Waals surface area contributed by atoms with E-state index in [2.05, 4.69) is 22.4 Å². The summed E-state index contributed by atoms with van der Waals surface area (Å²) in [5.74, 6) is -0.984. The Morgan fingerprint density at radius 2 is 1.88 bits per heavy atom. The minimum absolute atomic E-state index is 0.400. The standard InChI is InChI=1S/C18H17N3O3/c1-2-11-24-16-10-6-7-14(12-16)13-19-21-18(23)17(22)20-15-8-4-3-5-9-15/h2-10,12-13H,1,11H2,(H,20,22)(H,21,23). The average Bonchev–Trinajstić information content (AvgIpc) is 2.61. The maximum absolute atomic E-state index is 11.7. The van der Waals surface area contributed by atoms with Crippen molar-refractivity contribution in [2.75, 3.05) is 11.9 Å². The third-order valence-corrected chi connectivity index (χ3v) is 2.84. The van der Waals surface area contributed by atoms with Crippen LogP contribution in [0.3, 0.4) is 0 Å². The lowest BCUT2D eigenvalue weighted by atomic mass is 10.2. The second kappa shape index (κ2) is 8.89. The average molecular weight is 323 g/mol. The lowest BCUT2D eigenvalue weighted by molar-refractivity contribution is -0.136. The van der Waals surface area contributed by atoms with Crippen molar-refractivity contribution in [1.29, 1.82) is 0 Å². The fraction of sp³-hybridized carbons (Fsp3) is 0.0556. The number of carbonyl (C=O) groups excluding carboxylic acids is 2. The number of carbonyl (C=O) groups is 2. The van der Waals surface area contributed by atoms with Crippen LogP contribution in [-0.4, -0.2) is 24.6 Å². The van der Waals surface area contributed by atoms with Crippen LogP contribution in [-0.2, 0) is 9.59 Å². The highest BCUT2D eigenvalue weighted by Gasteiger charge is 2.12. The van der Waals surface area contributed by atoms with Crippen molar-refractivity contribution >= 4 is 23.7 Å². The van der Waals surface area contributed by atoms with E-state index in [1.165, 1.54) is 6.21 Å². The van der Waals surface area contributed by atoms with Crippen LogP contribution in [0.2, 0.25) is 0 Å². The molecule has 6 nitrogen and oxygen atoms in total. The lowest BCUT2D eigenvalue weighted by Crippen LogP contribution is -2.32. The van der Waals surface area contributed by atoms with E-state index in [0.29, 0.717) is 18.0 Å². The molecule has 0 radical (unpaired) electrons. The summed E-state index contributed by atoms with van der Waals surface area (Å²) >= 11 is 0. The SMILES string of the molecule is C=CCOc1cccc(C=NNC(=O)C(=O)Nc2ccccc2)c1. The summed E-state index contributed by atoms with van der Waals surface area (Å²) in [5, 5.41) is 6.23. The van der Waals surface area contributed by atoms with Crippen molar-refractivity contribution in [3.05, 3.63) is 72.8 Å². The van der Waals surface area contributed by atoms with Crippen LogP contribution in [0, 0.1) is 0 Å². The molecule has 0 aromatic heterocycles. The molecule has 0 unspecified atom stereocenters. The zero-order valence-electron chi connectivity index (χ0n) is 12.9. The van der Waals surface area contributed by atoms with Gasteiger partial charge in [-0.25, -0.2) is 5.43 Å². The molecule has 0 atom stereocenters. The summed E-state index contributed by atoms with van der Waals surface area (Å²) < 4.78 is 5.40. The highest BCUT2D eigenvalue weighted by molar-refractivity contribution is 6.39. The van der Waals surface area contributed by atoms with Gasteiger partial charge in [0.15, 0.2) is 0 Å². The topological polar surface area (TPSA) is 79.8 Å². The second-order valence-electron chi connectivity index (χ2n) is 4.69. The van der Waals surface area contributed by atoms with Gasteiger partial charge in [0.05, 0.1) is 6.21 Å². The molecular weight excluding hydrogens is 306 g/mol. The number of rotatable bonds is 6. The number of ether oxygens (including phenoxy) is 1. The summed E-state index contributed by atoms with van der Waals surface area (Å²) in [6, 6.07) is 15.8. The quantitative estimate of drug-likeness (QED) is 0.371. The summed E-state index contributed by atoms with van der Waals surface area (Å²) in [6.07, 6.45) is 3.07. The third kappa shape index (κ3) is 5.42. The zero-order chi connectivity index (χ0) is 17.2. The van der Waals surface area contributed by atoms with Crippen LogP contribution in [0.15, 0.2) is 72.4 Å². The Labute approximate surface area is 139 Å². The number of para-hydroxylation sites is 1. The van der Waals surface area contributed by atoms with E-state index in [1.807, 2.05) is 6.07 Å². The Bertz CT molecular complexity index is 742. The summed E-state index contributed by atoms with van der Waals surface area (Å²) in [4.78, 5) is 23.4. The molecule has 0 saturated carbocycles. The molecule has 2 aromatic carbocycles. The first-order valence-electron chi connectivity index (χ1n) is 7.22. The number of amides is 2. The van der Waals surface area contributed by atoms with Crippen molar-refractivity contribution in [3.63, 3.8) is 0 Å². The Hall–Kier alpha value is -3.41. The molecule has 0 fully saturated rings. The monoisotopic (exact) mass is 323 g/mol. The van der Waals surface area contributed by atoms with Gasteiger partial charge < -0.3 is 10.1 Å². The van der Waals surface area contributed by atoms with Crippen LogP contribution < -0.4 is 15.5 Å². The molecule has 24 heavy (non-hydrogen) atoms. The van der Waals surface area contributed by atoms with Crippen LogP contribution in [0.25, 0.3) is 0 Å². The first-order chi connectivity index (χ1) is 11.7. The van der Waals surface area contributed by atoms with Gasteiger partial charge in [0.1, 0.15) is 12.4 Å². The summed E-state index contributed by atoms with van der Waals surface area (Å²) in [6.45, 7) is 3.98. The molecule has 2 rings (SSSR count). The predicted octanol–water partition coefficient (Wildman–Crippen LogP) is 2.34. The molecule has 0 aliphatic heterocycles. The maximum atomic E-state index is 11.7. The lowest BCUT2D eigenvalue weighted by Gasteiger charge is -2.04. The highest BCUT2D eigenvalue weighted by Crippen LogP contribution is 2.11. The van der Waals surface area contributed by atoms with Gasteiger partial charge in [-0.1, -0.05) is 43.0 Å². The minimum atomic E-state index is -0.853. The van der Waals surface area contributed by atoms with E-state index < -0.39 is 11.8 Å². The summed E-state index contributed by atoms with van der Waals surface area (Å²) in [7, 11) is 0. The van der Waals surface area contributed by atoms with Gasteiger partial charge in [-0.15, -0.1) is 0 Å². The van der Waals surface area contributed by atoms with E-state index in [0.717, 1.165) is 5.56 Å². The number of hydrogen-bond donors (Lipinski definition) is 2. The van der Waals surface area contributed by atoms with E-state index in [1.54, 1.807) is 54.6 Å². The van der Waals surface area contributed by atoms with Crippen LogP contribution in [0.5, 0.6) is 5.75 Å². The minimum Gasteiger partial charge on any atom is -0.490 e. The van der Waals surface area contributed by atoms with Gasteiger partial charge in [0, 0.05) is 5.69 Å². The molecule has 2 amide bonds. The maximum Gasteiger partial charge on any atom is 0.329 e. The Kier molecular flexibility index (Phi) is 6.28. The zero-order valence-corrected chi connectivity index (χ0v) is 12.9. The molecule has 0 aliphatic carbocycles. The first-order valence-corrected chi connectivity index (χ1v) is 7.22. The van der Waals surface area contributed by atoms with Crippen molar-refractivity contribution < 1.29 is 14.3 Å². The van der Waals surface area contributed by atoms with Crippen LogP contribution in [0.1, 0.15) is 5.56 Å².